The van der Waals surface area contributed by atoms with E-state index in [1.807, 2.05) is 0 Å². The monoisotopic (exact) mass is 281 g/mol. The summed E-state index contributed by atoms with van der Waals surface area (Å²) in [6.07, 6.45) is 2.76. The number of aliphatic imine (C=N–C) groups is 1. The highest BCUT2D eigenvalue weighted by Crippen LogP contribution is 2.27. The fraction of sp³-hybridized carbons (Fsp3) is 0.933. The van der Waals surface area contributed by atoms with Gasteiger partial charge in [0.25, 0.3) is 0 Å². The predicted octanol–water partition coefficient (Wildman–Crippen LogP) is 0.587. The third-order valence-electron chi connectivity index (χ3n) is 4.27. The molecule has 0 aromatic rings. The zero-order chi connectivity index (χ0) is 14.4. The van der Waals surface area contributed by atoms with E-state index < -0.39 is 0 Å². The van der Waals surface area contributed by atoms with Crippen molar-refractivity contribution in [2.75, 3.05) is 52.9 Å². The van der Waals surface area contributed by atoms with Gasteiger partial charge in [0.1, 0.15) is 0 Å². The maximum Gasteiger partial charge on any atom is 0.191 e. The molecule has 0 aromatic heterocycles. The van der Waals surface area contributed by atoms with Crippen molar-refractivity contribution >= 4 is 5.96 Å². The number of hydrogen-bond donors (Lipinski definition) is 2. The lowest BCUT2D eigenvalue weighted by molar-refractivity contribution is 0.122. The molecule has 2 aliphatic rings. The van der Waals surface area contributed by atoms with Gasteiger partial charge in [-0.05, 0) is 39.7 Å². The van der Waals surface area contributed by atoms with Gasteiger partial charge in [-0.25, -0.2) is 0 Å². The maximum atomic E-state index is 4.75. The molecule has 2 rings (SSSR count). The minimum Gasteiger partial charge on any atom is -0.357 e. The molecule has 2 N–H and O–H groups in total. The van der Waals surface area contributed by atoms with Crippen LogP contribution in [-0.4, -0.2) is 74.7 Å². The van der Waals surface area contributed by atoms with Gasteiger partial charge in [0.05, 0.1) is 6.54 Å². The lowest BCUT2D eigenvalue weighted by atomic mass is 10.2. The zero-order valence-electron chi connectivity index (χ0n) is 13.4. The van der Waals surface area contributed by atoms with Gasteiger partial charge in [-0.3, -0.25) is 9.89 Å². The molecule has 0 bridgehead atoms. The van der Waals surface area contributed by atoms with Crippen molar-refractivity contribution in [3.8, 4) is 0 Å². The Morgan fingerprint density at radius 3 is 2.50 bits per heavy atom. The molecule has 1 aliphatic heterocycles. The molecule has 1 aliphatic carbocycles. The summed E-state index contributed by atoms with van der Waals surface area (Å²) in [5.74, 6) is 1.87. The van der Waals surface area contributed by atoms with Gasteiger partial charge in [0.2, 0.25) is 0 Å². The number of likely N-dealkylation sites (N-methyl/N-ethyl adjacent to an activating group) is 1. The minimum atomic E-state index is 0.528. The first kappa shape index (κ1) is 15.6. The molecule has 2 fully saturated rings. The molecule has 1 atom stereocenters. The molecular weight excluding hydrogens is 250 g/mol. The van der Waals surface area contributed by atoms with E-state index in [1.165, 1.54) is 39.0 Å². The smallest absolute Gasteiger partial charge is 0.191 e. The first-order chi connectivity index (χ1) is 9.69. The molecule has 0 radical (unpaired) electrons. The third kappa shape index (κ3) is 5.29. The van der Waals surface area contributed by atoms with E-state index in [1.54, 1.807) is 0 Å². The summed E-state index contributed by atoms with van der Waals surface area (Å²) in [7, 11) is 2.20. The van der Waals surface area contributed by atoms with Gasteiger partial charge in [0, 0.05) is 45.3 Å². The molecule has 0 amide bonds. The molecule has 5 nitrogen and oxygen atoms in total. The van der Waals surface area contributed by atoms with Crippen LogP contribution in [0, 0.1) is 5.92 Å². The highest BCUT2D eigenvalue weighted by atomic mass is 15.3. The van der Waals surface area contributed by atoms with Crippen LogP contribution in [0.2, 0.25) is 0 Å². The normalized spacial score (nSPS) is 23.6. The van der Waals surface area contributed by atoms with Crippen LogP contribution in [-0.2, 0) is 0 Å². The van der Waals surface area contributed by atoms with Crippen molar-refractivity contribution in [2.45, 2.75) is 32.7 Å². The number of rotatable bonds is 6. The standard InChI is InChI=1S/C15H31N5/c1-4-16-15(18-12-14-5-6-14)17-11-13(2)20-9-7-19(3)8-10-20/h13-14H,4-12H2,1-3H3,(H2,16,17,18). The van der Waals surface area contributed by atoms with Crippen molar-refractivity contribution in [3.63, 3.8) is 0 Å². The van der Waals surface area contributed by atoms with E-state index in [4.69, 9.17) is 4.99 Å². The average Bonchev–Trinajstić information content (AvgIpc) is 3.26. The third-order valence-corrected chi connectivity index (χ3v) is 4.27. The Morgan fingerprint density at radius 1 is 1.20 bits per heavy atom. The molecular formula is C15H31N5. The largest absolute Gasteiger partial charge is 0.357 e. The molecule has 1 unspecified atom stereocenters. The first-order valence-corrected chi connectivity index (χ1v) is 8.13. The molecule has 0 spiro atoms. The maximum absolute atomic E-state index is 4.75. The lowest BCUT2D eigenvalue weighted by Crippen LogP contribution is -2.49. The van der Waals surface area contributed by atoms with Crippen molar-refractivity contribution in [1.29, 1.82) is 0 Å². The molecule has 1 heterocycles. The second-order valence-corrected chi connectivity index (χ2v) is 6.23. The number of hydrogen-bond acceptors (Lipinski definition) is 3. The second-order valence-electron chi connectivity index (χ2n) is 6.23. The molecule has 20 heavy (non-hydrogen) atoms. The fourth-order valence-corrected chi connectivity index (χ4v) is 2.51. The summed E-state index contributed by atoms with van der Waals surface area (Å²) in [6.45, 7) is 12.0. The van der Waals surface area contributed by atoms with Crippen molar-refractivity contribution < 1.29 is 0 Å². The van der Waals surface area contributed by atoms with Gasteiger partial charge in [-0.2, -0.15) is 0 Å². The Hall–Kier alpha value is -0.810. The van der Waals surface area contributed by atoms with Crippen molar-refractivity contribution in [2.24, 2.45) is 10.9 Å². The van der Waals surface area contributed by atoms with Crippen LogP contribution in [0.3, 0.4) is 0 Å². The van der Waals surface area contributed by atoms with Crippen LogP contribution in [0.25, 0.3) is 0 Å². The molecule has 0 aromatic carbocycles. The molecule has 1 saturated heterocycles. The van der Waals surface area contributed by atoms with Crippen LogP contribution < -0.4 is 10.6 Å². The van der Waals surface area contributed by atoms with Crippen LogP contribution in [0.15, 0.2) is 4.99 Å². The summed E-state index contributed by atoms with van der Waals surface area (Å²) in [4.78, 5) is 9.69. The Balaban J connectivity index is 1.74. The highest BCUT2D eigenvalue weighted by Gasteiger charge is 2.21. The number of nitrogens with one attached hydrogen (secondary N) is 2. The molecule has 1 saturated carbocycles. The van der Waals surface area contributed by atoms with E-state index in [0.29, 0.717) is 6.04 Å². The summed E-state index contributed by atoms with van der Waals surface area (Å²) >= 11 is 0. The zero-order valence-corrected chi connectivity index (χ0v) is 13.4. The second kappa shape index (κ2) is 7.84. The Kier molecular flexibility index (Phi) is 6.10. The van der Waals surface area contributed by atoms with E-state index >= 15 is 0 Å². The van der Waals surface area contributed by atoms with E-state index in [0.717, 1.165) is 31.5 Å². The lowest BCUT2D eigenvalue weighted by Gasteiger charge is -2.35. The summed E-state index contributed by atoms with van der Waals surface area (Å²) < 4.78 is 0. The quantitative estimate of drug-likeness (QED) is 0.552. The highest BCUT2D eigenvalue weighted by molar-refractivity contribution is 5.79. The molecule has 5 heteroatoms. The van der Waals surface area contributed by atoms with Crippen LogP contribution in [0.4, 0.5) is 0 Å². The first-order valence-electron chi connectivity index (χ1n) is 8.13. The van der Waals surface area contributed by atoms with E-state index in [2.05, 4.69) is 41.3 Å². The Morgan fingerprint density at radius 2 is 1.90 bits per heavy atom. The minimum absolute atomic E-state index is 0.528. The fourth-order valence-electron chi connectivity index (χ4n) is 2.51. The Labute approximate surface area is 123 Å². The topological polar surface area (TPSA) is 42.9 Å². The van der Waals surface area contributed by atoms with Gasteiger partial charge in [-0.1, -0.05) is 0 Å². The Bertz CT molecular complexity index is 305. The molecule has 116 valence electrons. The number of guanidine groups is 1. The average molecular weight is 281 g/mol. The van der Waals surface area contributed by atoms with Gasteiger partial charge in [0.15, 0.2) is 5.96 Å². The van der Waals surface area contributed by atoms with Crippen molar-refractivity contribution in [3.05, 3.63) is 0 Å². The summed E-state index contributed by atoms with van der Waals surface area (Å²) in [5, 5.41) is 6.80. The summed E-state index contributed by atoms with van der Waals surface area (Å²) in [5.41, 5.74) is 0. The van der Waals surface area contributed by atoms with Crippen molar-refractivity contribution in [1.82, 2.24) is 20.4 Å². The van der Waals surface area contributed by atoms with Gasteiger partial charge < -0.3 is 15.5 Å². The number of nitrogens with zero attached hydrogens (tertiary/aromatic N) is 3. The van der Waals surface area contributed by atoms with Crippen LogP contribution in [0.5, 0.6) is 0 Å². The van der Waals surface area contributed by atoms with Crippen LogP contribution in [0.1, 0.15) is 26.7 Å². The summed E-state index contributed by atoms with van der Waals surface area (Å²) in [6, 6.07) is 0.528. The van der Waals surface area contributed by atoms with Gasteiger partial charge >= 0.3 is 0 Å². The number of piperazine rings is 1. The predicted molar refractivity (Wildman–Crippen MR) is 85.2 cm³/mol. The van der Waals surface area contributed by atoms with Gasteiger partial charge in [-0.15, -0.1) is 0 Å². The van der Waals surface area contributed by atoms with E-state index in [-0.39, 0.29) is 0 Å². The van der Waals surface area contributed by atoms with E-state index in [9.17, 15) is 0 Å². The SMILES string of the molecule is CCNC(=NCC(C)N1CCN(C)CC1)NCC1CC1. The van der Waals surface area contributed by atoms with Crippen LogP contribution >= 0.6 is 0 Å².